The van der Waals surface area contributed by atoms with Crippen LogP contribution >= 0.6 is 12.4 Å². The van der Waals surface area contributed by atoms with Crippen LogP contribution in [0.1, 0.15) is 26.3 Å². The molecule has 1 aliphatic heterocycles. The number of halogens is 1. The largest absolute Gasteiger partial charge is 0.354 e. The molecular weight excluding hydrogens is 232 g/mol. The Labute approximate surface area is 110 Å². The highest BCUT2D eigenvalue weighted by molar-refractivity contribution is 5.85. The van der Waals surface area contributed by atoms with Crippen molar-refractivity contribution in [3.63, 3.8) is 0 Å². The Morgan fingerprint density at radius 3 is 2.24 bits per heavy atom. The maximum Gasteiger partial charge on any atom is 0.0902 e. The molecule has 2 nitrogen and oxygen atoms in total. The minimum absolute atomic E-state index is 0. The highest BCUT2D eigenvalue weighted by Gasteiger charge is 2.22. The molecule has 0 N–H and O–H groups in total. The molecule has 0 spiro atoms. The second kappa shape index (κ2) is 5.46. The lowest BCUT2D eigenvalue weighted by molar-refractivity contribution is 0.159. The van der Waals surface area contributed by atoms with Crippen LogP contribution in [0.5, 0.6) is 0 Å². The van der Waals surface area contributed by atoms with Crippen LogP contribution in [-0.2, 0) is 6.54 Å². The molecule has 3 heteroatoms. The standard InChI is InChI=1S/C14H20N2.ClH/c1-14(2,3)16-10-9-15(12-16)11-13-7-5-4-6-8-13;/h4-10H,11-12H2,1-3H3;1H. The molecule has 1 heterocycles. The second-order valence-electron chi connectivity index (χ2n) is 5.31. The Bertz CT molecular complexity index is 368. The van der Waals surface area contributed by atoms with Crippen molar-refractivity contribution in [2.24, 2.45) is 0 Å². The molecule has 0 atom stereocenters. The molecule has 0 saturated carbocycles. The highest BCUT2D eigenvalue weighted by atomic mass is 35.5. The average Bonchev–Trinajstić information content (AvgIpc) is 2.67. The molecule has 0 radical (unpaired) electrons. The topological polar surface area (TPSA) is 6.48 Å². The van der Waals surface area contributed by atoms with Crippen molar-refractivity contribution in [3.05, 3.63) is 48.3 Å². The third-order valence-corrected chi connectivity index (χ3v) is 2.88. The second-order valence-corrected chi connectivity index (χ2v) is 5.31. The van der Waals surface area contributed by atoms with Crippen molar-refractivity contribution >= 4 is 12.4 Å². The summed E-state index contributed by atoms with van der Waals surface area (Å²) in [5.74, 6) is 0. The van der Waals surface area contributed by atoms with E-state index >= 15 is 0 Å². The first-order valence-electron chi connectivity index (χ1n) is 5.79. The SMILES string of the molecule is CC(C)(C)N1C=CN(Cc2ccccc2)C1.Cl. The van der Waals surface area contributed by atoms with Gasteiger partial charge in [-0.25, -0.2) is 0 Å². The molecule has 2 rings (SSSR count). The van der Waals surface area contributed by atoms with Gasteiger partial charge in [-0.3, -0.25) is 0 Å². The summed E-state index contributed by atoms with van der Waals surface area (Å²) in [6.07, 6.45) is 4.36. The predicted octanol–water partition coefficient (Wildman–Crippen LogP) is 3.45. The van der Waals surface area contributed by atoms with Gasteiger partial charge in [-0.2, -0.15) is 0 Å². The fourth-order valence-electron chi connectivity index (χ4n) is 1.82. The Morgan fingerprint density at radius 1 is 1.06 bits per heavy atom. The first kappa shape index (κ1) is 13.9. The van der Waals surface area contributed by atoms with E-state index in [9.17, 15) is 0 Å². The van der Waals surface area contributed by atoms with Gasteiger partial charge in [0.05, 0.1) is 6.67 Å². The first-order chi connectivity index (χ1) is 7.55. The van der Waals surface area contributed by atoms with Gasteiger partial charge in [0, 0.05) is 24.5 Å². The monoisotopic (exact) mass is 252 g/mol. The van der Waals surface area contributed by atoms with Gasteiger partial charge in [-0.05, 0) is 26.3 Å². The van der Waals surface area contributed by atoms with Gasteiger partial charge in [-0.1, -0.05) is 30.3 Å². The van der Waals surface area contributed by atoms with Gasteiger partial charge >= 0.3 is 0 Å². The third kappa shape index (κ3) is 3.67. The zero-order valence-electron chi connectivity index (χ0n) is 10.8. The molecule has 0 amide bonds. The third-order valence-electron chi connectivity index (χ3n) is 2.88. The summed E-state index contributed by atoms with van der Waals surface area (Å²) in [7, 11) is 0. The van der Waals surface area contributed by atoms with Gasteiger partial charge < -0.3 is 9.80 Å². The Balaban J connectivity index is 0.00000144. The summed E-state index contributed by atoms with van der Waals surface area (Å²) < 4.78 is 0. The van der Waals surface area contributed by atoms with E-state index in [1.54, 1.807) is 0 Å². The molecule has 0 aromatic heterocycles. The van der Waals surface area contributed by atoms with Crippen molar-refractivity contribution in [1.29, 1.82) is 0 Å². The molecule has 0 bridgehead atoms. The van der Waals surface area contributed by atoms with E-state index < -0.39 is 0 Å². The van der Waals surface area contributed by atoms with Gasteiger partial charge in [0.25, 0.3) is 0 Å². The Morgan fingerprint density at radius 2 is 1.71 bits per heavy atom. The smallest absolute Gasteiger partial charge is 0.0902 e. The Hall–Kier alpha value is -1.15. The van der Waals surface area contributed by atoms with Gasteiger partial charge in [0.15, 0.2) is 0 Å². The van der Waals surface area contributed by atoms with Crippen LogP contribution in [0.15, 0.2) is 42.7 Å². The van der Waals surface area contributed by atoms with E-state index in [0.717, 1.165) is 13.2 Å². The van der Waals surface area contributed by atoms with E-state index in [1.807, 2.05) is 0 Å². The van der Waals surface area contributed by atoms with Crippen LogP contribution in [0.25, 0.3) is 0 Å². The number of benzene rings is 1. The average molecular weight is 253 g/mol. The van der Waals surface area contributed by atoms with Crippen molar-refractivity contribution < 1.29 is 0 Å². The molecule has 0 saturated heterocycles. The van der Waals surface area contributed by atoms with E-state index in [0.29, 0.717) is 0 Å². The molecule has 1 aromatic rings. The number of rotatable bonds is 2. The summed E-state index contributed by atoms with van der Waals surface area (Å²) in [5, 5.41) is 0. The minimum Gasteiger partial charge on any atom is -0.354 e. The van der Waals surface area contributed by atoms with E-state index in [4.69, 9.17) is 0 Å². The maximum absolute atomic E-state index is 2.36. The first-order valence-corrected chi connectivity index (χ1v) is 5.79. The lowest BCUT2D eigenvalue weighted by Crippen LogP contribution is -2.39. The summed E-state index contributed by atoms with van der Waals surface area (Å²) in [4.78, 5) is 4.69. The van der Waals surface area contributed by atoms with Crippen molar-refractivity contribution in [2.75, 3.05) is 6.67 Å². The van der Waals surface area contributed by atoms with E-state index in [-0.39, 0.29) is 17.9 Å². The van der Waals surface area contributed by atoms with Crippen molar-refractivity contribution in [1.82, 2.24) is 9.80 Å². The normalized spacial score (nSPS) is 15.0. The van der Waals surface area contributed by atoms with Crippen LogP contribution in [0, 0.1) is 0 Å². The molecule has 0 fully saturated rings. The zero-order valence-corrected chi connectivity index (χ0v) is 11.6. The molecule has 17 heavy (non-hydrogen) atoms. The molecular formula is C14H21ClN2. The lowest BCUT2D eigenvalue weighted by Gasteiger charge is -2.33. The molecule has 94 valence electrons. The molecule has 1 aliphatic rings. The minimum atomic E-state index is 0. The maximum atomic E-state index is 2.36. The van der Waals surface area contributed by atoms with Crippen LogP contribution in [0.3, 0.4) is 0 Å². The quantitative estimate of drug-likeness (QED) is 0.796. The van der Waals surface area contributed by atoms with Crippen LogP contribution in [-0.4, -0.2) is 22.0 Å². The summed E-state index contributed by atoms with van der Waals surface area (Å²) in [5.41, 5.74) is 1.57. The van der Waals surface area contributed by atoms with Gasteiger partial charge in [0.2, 0.25) is 0 Å². The lowest BCUT2D eigenvalue weighted by atomic mass is 10.1. The summed E-state index contributed by atoms with van der Waals surface area (Å²) >= 11 is 0. The van der Waals surface area contributed by atoms with Crippen molar-refractivity contribution in [2.45, 2.75) is 32.9 Å². The molecule has 1 aromatic carbocycles. The van der Waals surface area contributed by atoms with Crippen LogP contribution in [0.2, 0.25) is 0 Å². The molecule has 0 aliphatic carbocycles. The fourth-order valence-corrected chi connectivity index (χ4v) is 1.82. The summed E-state index contributed by atoms with van der Waals surface area (Å²) in [6.45, 7) is 8.69. The zero-order chi connectivity index (χ0) is 11.6. The van der Waals surface area contributed by atoms with E-state index in [1.165, 1.54) is 5.56 Å². The predicted molar refractivity (Wildman–Crippen MR) is 74.8 cm³/mol. The van der Waals surface area contributed by atoms with Gasteiger partial charge in [-0.15, -0.1) is 12.4 Å². The van der Waals surface area contributed by atoms with Gasteiger partial charge in [0.1, 0.15) is 0 Å². The Kier molecular flexibility index (Phi) is 4.47. The highest BCUT2D eigenvalue weighted by Crippen LogP contribution is 2.20. The van der Waals surface area contributed by atoms with Crippen molar-refractivity contribution in [3.8, 4) is 0 Å². The number of hydrogen-bond donors (Lipinski definition) is 0. The fraction of sp³-hybridized carbons (Fsp3) is 0.429. The summed E-state index contributed by atoms with van der Waals surface area (Å²) in [6, 6.07) is 10.6. The molecule has 0 unspecified atom stereocenters. The van der Waals surface area contributed by atoms with Crippen LogP contribution in [0.4, 0.5) is 0 Å². The number of nitrogens with zero attached hydrogens (tertiary/aromatic N) is 2. The van der Waals surface area contributed by atoms with E-state index in [2.05, 4.69) is 73.3 Å². The van der Waals surface area contributed by atoms with Crippen LogP contribution < -0.4 is 0 Å². The number of hydrogen-bond acceptors (Lipinski definition) is 2.